The fourth-order valence-electron chi connectivity index (χ4n) is 5.69. The fraction of sp³-hybridized carbons (Fsp3) is 0.500. The molecule has 0 unspecified atom stereocenters. The molecule has 0 bridgehead atoms. The molecule has 0 radical (unpaired) electrons. The van der Waals surface area contributed by atoms with E-state index >= 15 is 0 Å². The predicted octanol–water partition coefficient (Wildman–Crippen LogP) is 5.42. The topological polar surface area (TPSA) is 58.6 Å². The first-order chi connectivity index (χ1) is 16.0. The summed E-state index contributed by atoms with van der Waals surface area (Å²) in [5, 5.41) is 3.75. The summed E-state index contributed by atoms with van der Waals surface area (Å²) in [6.45, 7) is 6.70. The maximum absolute atomic E-state index is 13.7. The summed E-state index contributed by atoms with van der Waals surface area (Å²) in [7, 11) is 1.43. The van der Waals surface area contributed by atoms with E-state index in [2.05, 4.69) is 43.1 Å². The number of esters is 1. The number of carbonyl (C=O) groups is 2. The van der Waals surface area contributed by atoms with Crippen LogP contribution in [-0.2, 0) is 16.0 Å². The number of rotatable bonds is 7. The molecule has 5 heteroatoms. The fourth-order valence-corrected chi connectivity index (χ4v) is 5.69. The molecule has 1 aliphatic carbocycles. The molecule has 0 aromatic heterocycles. The van der Waals surface area contributed by atoms with Gasteiger partial charge in [0.25, 0.3) is 5.91 Å². The van der Waals surface area contributed by atoms with Crippen molar-refractivity contribution in [2.24, 2.45) is 11.8 Å². The van der Waals surface area contributed by atoms with E-state index < -0.39 is 0 Å². The van der Waals surface area contributed by atoms with Gasteiger partial charge >= 0.3 is 5.97 Å². The van der Waals surface area contributed by atoms with Crippen LogP contribution in [-0.4, -0.2) is 29.9 Å². The summed E-state index contributed by atoms with van der Waals surface area (Å²) < 4.78 is 5.05. The van der Waals surface area contributed by atoms with E-state index in [1.165, 1.54) is 19.1 Å². The molecule has 1 amide bonds. The Balaban J connectivity index is 1.74. The first-order valence-electron chi connectivity index (χ1n) is 12.3. The van der Waals surface area contributed by atoms with Gasteiger partial charge in [-0.1, -0.05) is 76.1 Å². The Labute approximate surface area is 197 Å². The molecule has 2 aliphatic rings. The van der Waals surface area contributed by atoms with Crippen LogP contribution < -0.4 is 5.32 Å². The molecule has 1 heterocycles. The normalized spacial score (nSPS) is 25.6. The Morgan fingerprint density at radius 1 is 1.12 bits per heavy atom. The number of hydrogen-bond acceptors (Lipinski definition) is 4. The minimum atomic E-state index is -0.272. The van der Waals surface area contributed by atoms with Gasteiger partial charge < -0.3 is 9.64 Å². The summed E-state index contributed by atoms with van der Waals surface area (Å²) in [5.74, 6) is 0.827. The van der Waals surface area contributed by atoms with Gasteiger partial charge in [0.15, 0.2) is 0 Å². The Kier molecular flexibility index (Phi) is 7.18. The van der Waals surface area contributed by atoms with E-state index in [0.29, 0.717) is 11.8 Å². The zero-order chi connectivity index (χ0) is 23.5. The van der Waals surface area contributed by atoms with Gasteiger partial charge in [0, 0.05) is 23.2 Å². The molecular weight excluding hydrogens is 412 g/mol. The summed E-state index contributed by atoms with van der Waals surface area (Å²) in [5.41, 5.74) is 4.05. The molecule has 2 aromatic carbocycles. The van der Waals surface area contributed by atoms with Gasteiger partial charge in [0.2, 0.25) is 0 Å². The highest BCUT2D eigenvalue weighted by atomic mass is 16.5. The molecule has 4 rings (SSSR count). The summed E-state index contributed by atoms with van der Waals surface area (Å²) in [6, 6.07) is 16.1. The van der Waals surface area contributed by atoms with Crippen LogP contribution in [0.3, 0.4) is 0 Å². The third kappa shape index (κ3) is 4.56. The highest BCUT2D eigenvalue weighted by Gasteiger charge is 2.45. The van der Waals surface area contributed by atoms with Crippen molar-refractivity contribution >= 4 is 11.9 Å². The number of benzene rings is 2. The quantitative estimate of drug-likeness (QED) is 0.575. The maximum atomic E-state index is 13.7. The number of ether oxygens (including phenoxy) is 1. The third-order valence-corrected chi connectivity index (χ3v) is 7.79. The van der Waals surface area contributed by atoms with Crippen molar-refractivity contribution in [1.29, 1.82) is 0 Å². The molecule has 1 saturated carbocycles. The smallest absolute Gasteiger partial charge is 0.307 e. The van der Waals surface area contributed by atoms with Crippen molar-refractivity contribution in [2.45, 2.75) is 71.1 Å². The minimum Gasteiger partial charge on any atom is -0.469 e. The van der Waals surface area contributed by atoms with Gasteiger partial charge in [-0.15, -0.1) is 0 Å². The molecule has 0 spiro atoms. The second-order valence-corrected chi connectivity index (χ2v) is 9.59. The highest BCUT2D eigenvalue weighted by molar-refractivity contribution is 5.99. The van der Waals surface area contributed by atoms with E-state index in [1.54, 1.807) is 0 Å². The van der Waals surface area contributed by atoms with Crippen LogP contribution in [0.15, 0.2) is 48.5 Å². The number of amides is 1. The Hall–Kier alpha value is -2.66. The second kappa shape index (κ2) is 10.1. The van der Waals surface area contributed by atoms with Crippen molar-refractivity contribution in [1.82, 2.24) is 10.2 Å². The third-order valence-electron chi connectivity index (χ3n) is 7.79. The van der Waals surface area contributed by atoms with Crippen molar-refractivity contribution in [3.63, 3.8) is 0 Å². The van der Waals surface area contributed by atoms with Gasteiger partial charge in [-0.3, -0.25) is 14.9 Å². The molecule has 2 aromatic rings. The van der Waals surface area contributed by atoms with Crippen LogP contribution in [0.1, 0.15) is 85.7 Å². The van der Waals surface area contributed by atoms with E-state index in [-0.39, 0.29) is 36.5 Å². The predicted molar refractivity (Wildman–Crippen MR) is 130 cm³/mol. The number of carbonyl (C=O) groups excluding carboxylic acids is 2. The van der Waals surface area contributed by atoms with Gasteiger partial charge in [0.05, 0.1) is 13.5 Å². The number of hydrogen-bond donors (Lipinski definition) is 1. The van der Waals surface area contributed by atoms with Crippen LogP contribution in [0.5, 0.6) is 0 Å². The summed E-state index contributed by atoms with van der Waals surface area (Å²) in [4.78, 5) is 28.2. The molecule has 33 heavy (non-hydrogen) atoms. The van der Waals surface area contributed by atoms with Crippen LogP contribution in [0, 0.1) is 11.8 Å². The monoisotopic (exact) mass is 448 g/mol. The first kappa shape index (κ1) is 23.5. The molecule has 176 valence electrons. The Bertz CT molecular complexity index is 1000. The SMILES string of the molecule is CCc1ccccc1[C@H](CC(=O)OC)N[C@@H]1c2ccccc2C(=O)N1[C@@H]1CCC[C@H](C)[C@@H]1C. The highest BCUT2D eigenvalue weighted by Crippen LogP contribution is 2.42. The second-order valence-electron chi connectivity index (χ2n) is 9.59. The van der Waals surface area contributed by atoms with Crippen LogP contribution in [0.4, 0.5) is 0 Å². The molecule has 5 atom stereocenters. The van der Waals surface area contributed by atoms with E-state index in [4.69, 9.17) is 4.74 Å². The van der Waals surface area contributed by atoms with E-state index in [0.717, 1.165) is 36.0 Å². The lowest BCUT2D eigenvalue weighted by Gasteiger charge is -2.43. The van der Waals surface area contributed by atoms with Crippen molar-refractivity contribution < 1.29 is 14.3 Å². The molecule has 0 saturated heterocycles. The van der Waals surface area contributed by atoms with Crippen LogP contribution >= 0.6 is 0 Å². The Morgan fingerprint density at radius 2 is 1.85 bits per heavy atom. The number of nitrogens with one attached hydrogen (secondary N) is 1. The number of aryl methyl sites for hydroxylation is 1. The maximum Gasteiger partial charge on any atom is 0.307 e. The standard InChI is InChI=1S/C28H36N2O3/c1-5-20-12-6-7-13-21(20)24(17-26(31)33-4)29-27-22-14-8-9-15-23(22)28(32)30(27)25-16-10-11-18(2)19(25)3/h6-9,12-15,18-19,24-25,27,29H,5,10-11,16-17H2,1-4H3/t18-,19-,24-,25+,27-/m0/s1. The average molecular weight is 449 g/mol. The molecule has 1 aliphatic heterocycles. The zero-order valence-electron chi connectivity index (χ0n) is 20.2. The molecule has 1 fully saturated rings. The van der Waals surface area contributed by atoms with Crippen LogP contribution in [0.2, 0.25) is 0 Å². The van der Waals surface area contributed by atoms with Gasteiger partial charge in [0.1, 0.15) is 6.17 Å². The Morgan fingerprint density at radius 3 is 2.61 bits per heavy atom. The lowest BCUT2D eigenvalue weighted by molar-refractivity contribution is -0.141. The van der Waals surface area contributed by atoms with Crippen molar-refractivity contribution in [3.05, 3.63) is 70.8 Å². The lowest BCUT2D eigenvalue weighted by Crippen LogP contribution is -2.50. The molecule has 1 N–H and O–H groups in total. The van der Waals surface area contributed by atoms with Crippen LogP contribution in [0.25, 0.3) is 0 Å². The number of nitrogens with zero attached hydrogens (tertiary/aromatic N) is 1. The minimum absolute atomic E-state index is 0.0923. The van der Waals surface area contributed by atoms with Gasteiger partial charge in [-0.2, -0.15) is 0 Å². The molecular formula is C28H36N2O3. The average Bonchev–Trinajstić information content (AvgIpc) is 3.11. The zero-order valence-corrected chi connectivity index (χ0v) is 20.2. The lowest BCUT2D eigenvalue weighted by atomic mass is 9.77. The first-order valence-corrected chi connectivity index (χ1v) is 12.3. The van der Waals surface area contributed by atoms with Gasteiger partial charge in [-0.25, -0.2) is 0 Å². The molecule has 5 nitrogen and oxygen atoms in total. The van der Waals surface area contributed by atoms with E-state index in [1.807, 2.05) is 36.4 Å². The van der Waals surface area contributed by atoms with Crippen molar-refractivity contribution in [3.8, 4) is 0 Å². The van der Waals surface area contributed by atoms with E-state index in [9.17, 15) is 9.59 Å². The van der Waals surface area contributed by atoms with Gasteiger partial charge in [-0.05, 0) is 41.9 Å². The number of methoxy groups -OCH3 is 1. The number of fused-ring (bicyclic) bond motifs is 1. The largest absolute Gasteiger partial charge is 0.469 e. The van der Waals surface area contributed by atoms with Crippen molar-refractivity contribution in [2.75, 3.05) is 7.11 Å². The summed E-state index contributed by atoms with van der Waals surface area (Å²) in [6.07, 6.45) is 4.16. The summed E-state index contributed by atoms with van der Waals surface area (Å²) >= 11 is 0.